The predicted molar refractivity (Wildman–Crippen MR) is 67.7 cm³/mol. The van der Waals surface area contributed by atoms with Gasteiger partial charge < -0.3 is 10.1 Å². The standard InChI is InChI=1S/C13H19N3O3/c1-8(2)10(11(17)9(6-14)7-15)16-12(18)19-13(3,4)5/h8-10H,1-5H3,(H,16,18)/t10-/m0/s1. The molecule has 0 saturated carbocycles. The SMILES string of the molecule is CC(C)[C@H](NC(=O)OC(C)(C)C)C(=O)C(C#N)C#N. The third-order valence-corrected chi connectivity index (χ3v) is 2.19. The Labute approximate surface area is 113 Å². The summed E-state index contributed by atoms with van der Waals surface area (Å²) < 4.78 is 5.05. The molecule has 19 heavy (non-hydrogen) atoms. The maximum Gasteiger partial charge on any atom is 0.408 e. The molecule has 0 rings (SSSR count). The molecule has 0 unspecified atom stereocenters. The fourth-order valence-corrected chi connectivity index (χ4v) is 1.34. The second-order valence-electron chi connectivity index (χ2n) is 5.46. The fraction of sp³-hybridized carbons (Fsp3) is 0.692. The number of carbonyl (C=O) groups is 2. The summed E-state index contributed by atoms with van der Waals surface area (Å²) in [6.45, 7) is 8.53. The number of amides is 1. The van der Waals surface area contributed by atoms with E-state index < -0.39 is 29.4 Å². The molecule has 0 radical (unpaired) electrons. The number of hydrogen-bond acceptors (Lipinski definition) is 5. The van der Waals surface area contributed by atoms with Crippen molar-refractivity contribution in [1.29, 1.82) is 10.5 Å². The van der Waals surface area contributed by atoms with Gasteiger partial charge in [-0.3, -0.25) is 4.79 Å². The van der Waals surface area contributed by atoms with Gasteiger partial charge in [-0.05, 0) is 26.7 Å². The smallest absolute Gasteiger partial charge is 0.408 e. The summed E-state index contributed by atoms with van der Waals surface area (Å²) in [5, 5.41) is 19.8. The van der Waals surface area contributed by atoms with Crippen molar-refractivity contribution in [3.63, 3.8) is 0 Å². The van der Waals surface area contributed by atoms with Crippen LogP contribution >= 0.6 is 0 Å². The van der Waals surface area contributed by atoms with E-state index >= 15 is 0 Å². The number of nitrogens with one attached hydrogen (secondary N) is 1. The molecule has 0 fully saturated rings. The largest absolute Gasteiger partial charge is 0.444 e. The van der Waals surface area contributed by atoms with Crippen LogP contribution in [-0.2, 0) is 9.53 Å². The molecule has 0 aliphatic rings. The normalized spacial score (nSPS) is 12.5. The lowest BCUT2D eigenvalue weighted by atomic mass is 9.92. The third-order valence-electron chi connectivity index (χ3n) is 2.19. The van der Waals surface area contributed by atoms with Crippen LogP contribution in [-0.4, -0.2) is 23.5 Å². The summed E-state index contributed by atoms with van der Waals surface area (Å²) in [6, 6.07) is 2.29. The van der Waals surface area contributed by atoms with Crippen LogP contribution in [0.3, 0.4) is 0 Å². The number of Topliss-reactive ketones (excluding diaryl/α,β-unsaturated/α-hetero) is 1. The van der Waals surface area contributed by atoms with Crippen molar-refractivity contribution in [2.45, 2.75) is 46.3 Å². The van der Waals surface area contributed by atoms with E-state index in [-0.39, 0.29) is 5.92 Å². The summed E-state index contributed by atoms with van der Waals surface area (Å²) in [5.74, 6) is -2.25. The Morgan fingerprint density at radius 3 is 1.95 bits per heavy atom. The average Bonchev–Trinajstić information content (AvgIpc) is 2.24. The van der Waals surface area contributed by atoms with E-state index in [1.807, 2.05) is 0 Å². The Bertz CT molecular complexity index is 410. The lowest BCUT2D eigenvalue weighted by Gasteiger charge is -2.25. The van der Waals surface area contributed by atoms with E-state index in [1.54, 1.807) is 46.8 Å². The maximum atomic E-state index is 11.9. The van der Waals surface area contributed by atoms with Crippen LogP contribution in [0.15, 0.2) is 0 Å². The number of hydrogen-bond donors (Lipinski definition) is 1. The molecule has 0 spiro atoms. The van der Waals surface area contributed by atoms with Gasteiger partial charge in [-0.15, -0.1) is 0 Å². The van der Waals surface area contributed by atoms with Gasteiger partial charge in [0.05, 0.1) is 18.2 Å². The van der Waals surface area contributed by atoms with Gasteiger partial charge in [-0.2, -0.15) is 10.5 Å². The maximum absolute atomic E-state index is 11.9. The summed E-state index contributed by atoms with van der Waals surface area (Å²) in [6.07, 6.45) is -0.742. The van der Waals surface area contributed by atoms with Gasteiger partial charge in [-0.25, -0.2) is 4.79 Å². The quantitative estimate of drug-likeness (QED) is 0.834. The van der Waals surface area contributed by atoms with Crippen molar-refractivity contribution >= 4 is 11.9 Å². The molecule has 0 aliphatic heterocycles. The lowest BCUT2D eigenvalue weighted by molar-refractivity contribution is -0.123. The molecule has 0 bridgehead atoms. The van der Waals surface area contributed by atoms with Crippen LogP contribution < -0.4 is 5.32 Å². The molecule has 1 N–H and O–H groups in total. The zero-order valence-electron chi connectivity index (χ0n) is 11.9. The Balaban J connectivity index is 4.88. The highest BCUT2D eigenvalue weighted by atomic mass is 16.6. The molecule has 6 nitrogen and oxygen atoms in total. The predicted octanol–water partition coefficient (Wildman–Crippen LogP) is 1.77. The van der Waals surface area contributed by atoms with Crippen LogP contribution in [0.5, 0.6) is 0 Å². The number of ketones is 1. The highest BCUT2D eigenvalue weighted by molar-refractivity contribution is 5.93. The van der Waals surface area contributed by atoms with Gasteiger partial charge in [0.1, 0.15) is 5.60 Å². The van der Waals surface area contributed by atoms with Gasteiger partial charge in [0.2, 0.25) is 0 Å². The molecule has 0 aliphatic carbocycles. The molecule has 0 aromatic carbocycles. The first kappa shape index (κ1) is 16.9. The van der Waals surface area contributed by atoms with Crippen LogP contribution in [0, 0.1) is 34.5 Å². The molecular formula is C13H19N3O3. The number of carbonyl (C=O) groups excluding carboxylic acids is 2. The first-order valence-corrected chi connectivity index (χ1v) is 5.95. The monoisotopic (exact) mass is 265 g/mol. The number of ether oxygens (including phenoxy) is 1. The van der Waals surface area contributed by atoms with Gasteiger partial charge >= 0.3 is 6.09 Å². The molecule has 0 saturated heterocycles. The Morgan fingerprint density at radius 2 is 1.63 bits per heavy atom. The number of nitriles is 2. The van der Waals surface area contributed by atoms with Gasteiger partial charge in [-0.1, -0.05) is 13.8 Å². The fourth-order valence-electron chi connectivity index (χ4n) is 1.34. The first-order chi connectivity index (χ1) is 8.62. The summed E-state index contributed by atoms with van der Waals surface area (Å²) >= 11 is 0. The number of nitrogens with zero attached hydrogens (tertiary/aromatic N) is 2. The molecule has 1 amide bonds. The van der Waals surface area contributed by atoms with Crippen molar-refractivity contribution in [2.75, 3.05) is 0 Å². The second kappa shape index (κ2) is 6.75. The Hall–Kier alpha value is -2.08. The number of rotatable bonds is 4. The topological polar surface area (TPSA) is 103 Å². The highest BCUT2D eigenvalue weighted by Gasteiger charge is 2.31. The van der Waals surface area contributed by atoms with Crippen molar-refractivity contribution < 1.29 is 14.3 Å². The van der Waals surface area contributed by atoms with Crippen LogP contribution in [0.25, 0.3) is 0 Å². The Kier molecular flexibility index (Phi) is 6.01. The van der Waals surface area contributed by atoms with Crippen LogP contribution in [0.4, 0.5) is 4.79 Å². The van der Waals surface area contributed by atoms with Crippen molar-refractivity contribution in [3.05, 3.63) is 0 Å². The van der Waals surface area contributed by atoms with Crippen molar-refractivity contribution in [3.8, 4) is 12.1 Å². The summed E-state index contributed by atoms with van der Waals surface area (Å²) in [4.78, 5) is 23.6. The molecular weight excluding hydrogens is 246 g/mol. The molecule has 0 aromatic heterocycles. The van der Waals surface area contributed by atoms with E-state index in [0.29, 0.717) is 0 Å². The van der Waals surface area contributed by atoms with Gasteiger partial charge in [0, 0.05) is 0 Å². The highest BCUT2D eigenvalue weighted by Crippen LogP contribution is 2.12. The zero-order chi connectivity index (χ0) is 15.2. The van der Waals surface area contributed by atoms with E-state index in [1.165, 1.54) is 0 Å². The Morgan fingerprint density at radius 1 is 1.16 bits per heavy atom. The van der Waals surface area contributed by atoms with Crippen LogP contribution in [0.2, 0.25) is 0 Å². The van der Waals surface area contributed by atoms with Gasteiger partial charge in [0.15, 0.2) is 11.7 Å². The molecule has 1 atom stereocenters. The second-order valence-corrected chi connectivity index (χ2v) is 5.46. The van der Waals surface area contributed by atoms with E-state index in [4.69, 9.17) is 15.3 Å². The average molecular weight is 265 g/mol. The zero-order valence-corrected chi connectivity index (χ0v) is 11.9. The van der Waals surface area contributed by atoms with Crippen molar-refractivity contribution in [1.82, 2.24) is 5.32 Å². The van der Waals surface area contributed by atoms with E-state index in [2.05, 4.69) is 5.32 Å². The third kappa shape index (κ3) is 5.87. The summed E-state index contributed by atoms with van der Waals surface area (Å²) in [5.41, 5.74) is -0.682. The van der Waals surface area contributed by atoms with Crippen molar-refractivity contribution in [2.24, 2.45) is 11.8 Å². The molecule has 0 heterocycles. The minimum atomic E-state index is -1.39. The molecule has 6 heteroatoms. The van der Waals surface area contributed by atoms with Crippen LogP contribution in [0.1, 0.15) is 34.6 Å². The van der Waals surface area contributed by atoms with Gasteiger partial charge in [0.25, 0.3) is 0 Å². The minimum Gasteiger partial charge on any atom is -0.444 e. The van der Waals surface area contributed by atoms with E-state index in [0.717, 1.165) is 0 Å². The van der Waals surface area contributed by atoms with E-state index in [9.17, 15) is 9.59 Å². The lowest BCUT2D eigenvalue weighted by Crippen LogP contribution is -2.48. The first-order valence-electron chi connectivity index (χ1n) is 5.95. The summed E-state index contributed by atoms with van der Waals surface area (Å²) in [7, 11) is 0. The number of alkyl carbamates (subject to hydrolysis) is 1. The molecule has 104 valence electrons. The minimum absolute atomic E-state index is 0.246. The molecule has 0 aromatic rings.